The molecule has 0 aromatic carbocycles. The summed E-state index contributed by atoms with van der Waals surface area (Å²) in [6, 6.07) is 0. The van der Waals surface area contributed by atoms with Gasteiger partial charge in [0.25, 0.3) is 0 Å². The third-order valence-corrected chi connectivity index (χ3v) is 4.79. The van der Waals surface area contributed by atoms with Crippen LogP contribution in [0.2, 0.25) is 13.1 Å². The van der Waals surface area contributed by atoms with Crippen molar-refractivity contribution in [2.24, 2.45) is 0 Å². The minimum atomic E-state index is -0.756. The third-order valence-electron chi connectivity index (χ3n) is 3.20. The van der Waals surface area contributed by atoms with Crippen LogP contribution in [-0.4, -0.2) is 13.8 Å². The molecule has 5 heteroatoms. The fraction of sp³-hybridized carbons (Fsp3) is 0.385. The number of hydrogen-bond donors (Lipinski definition) is 1. The van der Waals surface area contributed by atoms with Crippen molar-refractivity contribution in [1.82, 2.24) is 4.98 Å². The van der Waals surface area contributed by atoms with Crippen molar-refractivity contribution < 1.29 is 51.0 Å². The summed E-state index contributed by atoms with van der Waals surface area (Å²) in [4.78, 5) is 3.58. The molecule has 1 nitrogen and oxygen atoms in total. The van der Waals surface area contributed by atoms with E-state index in [0.29, 0.717) is 0 Å². The second-order valence-electron chi connectivity index (χ2n) is 4.64. The summed E-state index contributed by atoms with van der Waals surface area (Å²) in [5.41, 5.74) is 5.79. The predicted molar refractivity (Wildman–Crippen MR) is 70.5 cm³/mol. The molecule has 1 heterocycles. The van der Waals surface area contributed by atoms with E-state index in [1.807, 2.05) is 0 Å². The van der Waals surface area contributed by atoms with Crippen molar-refractivity contribution in [3.05, 3.63) is 35.0 Å². The van der Waals surface area contributed by atoms with Gasteiger partial charge in [0.05, 0.1) is 8.80 Å². The summed E-state index contributed by atoms with van der Waals surface area (Å²) in [5, 5.41) is 1.53. The Labute approximate surface area is 143 Å². The van der Waals surface area contributed by atoms with Gasteiger partial charge in [0.1, 0.15) is 0 Å². The van der Waals surface area contributed by atoms with E-state index in [2.05, 4.69) is 50.2 Å². The Morgan fingerprint density at radius 3 is 2.22 bits per heavy atom. The van der Waals surface area contributed by atoms with Crippen LogP contribution in [0, 0.1) is 13.8 Å². The van der Waals surface area contributed by atoms with Crippen LogP contribution in [-0.2, 0) is 26.2 Å². The molecule has 1 N–H and O–H groups in total. The Morgan fingerprint density at radius 1 is 1.17 bits per heavy atom. The molecule has 0 aliphatic heterocycles. The number of aromatic amines is 1. The van der Waals surface area contributed by atoms with Crippen LogP contribution in [0.3, 0.4) is 0 Å². The SMILES string of the molecule is Cc1[nH]c([SiH](C)C)c(C2=CC=CC2)c1C.[Cl-].[Cl-].[Zr+2]. The third kappa shape index (κ3) is 3.96. The van der Waals surface area contributed by atoms with E-state index in [1.165, 1.54) is 27.7 Å². The van der Waals surface area contributed by atoms with Crippen LogP contribution >= 0.6 is 0 Å². The Kier molecular flexibility index (Phi) is 9.89. The molecule has 1 aromatic rings. The van der Waals surface area contributed by atoms with Crippen molar-refractivity contribution in [3.8, 4) is 0 Å². The molecule has 0 saturated heterocycles. The molecule has 18 heavy (non-hydrogen) atoms. The molecule has 0 atom stereocenters. The molecule has 0 saturated carbocycles. The number of aryl methyl sites for hydroxylation is 1. The van der Waals surface area contributed by atoms with Crippen LogP contribution < -0.4 is 30.1 Å². The Morgan fingerprint density at radius 2 is 1.78 bits per heavy atom. The van der Waals surface area contributed by atoms with Crippen molar-refractivity contribution >= 4 is 19.7 Å². The number of allylic oxidation sites excluding steroid dienone is 4. The van der Waals surface area contributed by atoms with Gasteiger partial charge in [0.15, 0.2) is 0 Å². The van der Waals surface area contributed by atoms with E-state index in [1.54, 1.807) is 0 Å². The second kappa shape index (κ2) is 8.58. The molecule has 0 spiro atoms. The van der Waals surface area contributed by atoms with Gasteiger partial charge in [-0.2, -0.15) is 0 Å². The van der Waals surface area contributed by atoms with Crippen LogP contribution in [0.15, 0.2) is 18.2 Å². The molecule has 1 aromatic heterocycles. The normalized spacial score (nSPS) is 12.6. The maximum Gasteiger partial charge on any atom is 2.00 e. The Bertz CT molecular complexity index is 450. The first-order valence-corrected chi connectivity index (χ1v) is 8.55. The Balaban J connectivity index is 0. The number of hydrogen-bond acceptors (Lipinski definition) is 0. The van der Waals surface area contributed by atoms with Gasteiger partial charge in [-0.15, -0.1) is 0 Å². The van der Waals surface area contributed by atoms with Gasteiger partial charge in [-0.3, -0.25) is 0 Å². The largest absolute Gasteiger partial charge is 2.00 e. The molecule has 1 aliphatic rings. The predicted octanol–water partition coefficient (Wildman–Crippen LogP) is -3.33. The van der Waals surface area contributed by atoms with Gasteiger partial charge in [-0.25, -0.2) is 0 Å². The number of halogens is 2. The maximum absolute atomic E-state index is 3.58. The monoisotopic (exact) mass is 377 g/mol. The van der Waals surface area contributed by atoms with Gasteiger partial charge in [0.2, 0.25) is 0 Å². The van der Waals surface area contributed by atoms with Crippen molar-refractivity contribution in [1.29, 1.82) is 0 Å². The molecular formula is C13H19Cl2NSiZr. The smallest absolute Gasteiger partial charge is 1.00 e. The zero-order valence-electron chi connectivity index (χ0n) is 11.3. The molecule has 0 unspecified atom stereocenters. The summed E-state index contributed by atoms with van der Waals surface area (Å²) < 4.78 is 0. The van der Waals surface area contributed by atoms with E-state index < -0.39 is 8.80 Å². The van der Waals surface area contributed by atoms with Gasteiger partial charge >= 0.3 is 26.2 Å². The van der Waals surface area contributed by atoms with E-state index in [9.17, 15) is 0 Å². The van der Waals surface area contributed by atoms with Crippen molar-refractivity contribution in [2.75, 3.05) is 0 Å². The van der Waals surface area contributed by atoms with E-state index in [4.69, 9.17) is 0 Å². The molecule has 98 valence electrons. The molecule has 0 fully saturated rings. The first-order chi connectivity index (χ1) is 7.11. The summed E-state index contributed by atoms with van der Waals surface area (Å²) in [5.74, 6) is 0. The molecule has 0 amide bonds. The number of rotatable bonds is 2. The second-order valence-corrected chi connectivity index (χ2v) is 7.53. The van der Waals surface area contributed by atoms with Crippen LogP contribution in [0.1, 0.15) is 23.2 Å². The van der Waals surface area contributed by atoms with Gasteiger partial charge in [-0.05, 0) is 37.0 Å². The summed E-state index contributed by atoms with van der Waals surface area (Å²) in [7, 11) is -0.756. The van der Waals surface area contributed by atoms with E-state index in [-0.39, 0.29) is 51.0 Å². The van der Waals surface area contributed by atoms with E-state index in [0.717, 1.165) is 6.42 Å². The first kappa shape index (κ1) is 20.8. The minimum Gasteiger partial charge on any atom is -1.00 e. The fourth-order valence-corrected chi connectivity index (χ4v) is 3.71. The average molecular weight is 380 g/mol. The fourth-order valence-electron chi connectivity index (χ4n) is 2.23. The number of H-pyrrole nitrogens is 1. The average Bonchev–Trinajstić information content (AvgIpc) is 2.76. The maximum atomic E-state index is 3.58. The minimum absolute atomic E-state index is 0. The van der Waals surface area contributed by atoms with Crippen LogP contribution in [0.5, 0.6) is 0 Å². The van der Waals surface area contributed by atoms with Gasteiger partial charge < -0.3 is 29.8 Å². The molecule has 2 rings (SSSR count). The molecule has 0 bridgehead atoms. The zero-order chi connectivity index (χ0) is 11.0. The molecular weight excluding hydrogens is 360 g/mol. The molecule has 0 radical (unpaired) electrons. The van der Waals surface area contributed by atoms with Crippen LogP contribution in [0.4, 0.5) is 0 Å². The summed E-state index contributed by atoms with van der Waals surface area (Å²) in [6.07, 6.45) is 7.77. The van der Waals surface area contributed by atoms with Crippen LogP contribution in [0.25, 0.3) is 5.57 Å². The van der Waals surface area contributed by atoms with E-state index >= 15 is 0 Å². The zero-order valence-corrected chi connectivity index (χ0v) is 16.4. The van der Waals surface area contributed by atoms with Crippen molar-refractivity contribution in [2.45, 2.75) is 33.4 Å². The first-order valence-electron chi connectivity index (χ1n) is 5.66. The number of nitrogens with one attached hydrogen (secondary N) is 1. The van der Waals surface area contributed by atoms with Crippen molar-refractivity contribution in [3.63, 3.8) is 0 Å². The van der Waals surface area contributed by atoms with Gasteiger partial charge in [0, 0.05) is 11.0 Å². The summed E-state index contributed by atoms with van der Waals surface area (Å²) in [6.45, 7) is 9.19. The number of aromatic nitrogens is 1. The quantitative estimate of drug-likeness (QED) is 0.518. The standard InChI is InChI=1S/C13H19NSi.2ClH.Zr/c1-9-10(2)14-13(15(3)4)12(9)11-7-5-6-8-11;;;/h5-7,14-15H,8H2,1-4H3;2*1H;/q;;;+2/p-2. The summed E-state index contributed by atoms with van der Waals surface area (Å²) >= 11 is 0. The topological polar surface area (TPSA) is 15.8 Å². The molecule has 1 aliphatic carbocycles. The van der Waals surface area contributed by atoms with Gasteiger partial charge in [-0.1, -0.05) is 31.3 Å². The Hall–Kier alpha value is 0.440.